The number of thiazole rings is 1. The van der Waals surface area contributed by atoms with Gasteiger partial charge in [0.05, 0.1) is 12.2 Å². The summed E-state index contributed by atoms with van der Waals surface area (Å²) in [5.74, 6) is -0.879. The fraction of sp³-hybridized carbons (Fsp3) is 0.179. The SMILES string of the molecule is O=C(O)COc1ccc(CN(Cc2csc(-c3ccc(C(=O)NCCCCc4ccccc4)cc3)n2)C(=O)/C=C/c2ccccc2)cc1. The van der Waals surface area contributed by atoms with Gasteiger partial charge in [0.1, 0.15) is 10.8 Å². The molecule has 0 spiro atoms. The molecule has 0 fully saturated rings. The first kappa shape index (κ1) is 33.8. The lowest BCUT2D eigenvalue weighted by Crippen LogP contribution is -2.28. The fourth-order valence-corrected chi connectivity index (χ4v) is 5.80. The Morgan fingerprint density at radius 3 is 2.23 bits per heavy atom. The molecule has 1 heterocycles. The number of carboxylic acid groups (broad SMARTS) is 1. The molecule has 0 aliphatic rings. The highest BCUT2D eigenvalue weighted by molar-refractivity contribution is 7.13. The molecule has 0 radical (unpaired) electrons. The van der Waals surface area contributed by atoms with Gasteiger partial charge in [0.15, 0.2) is 6.61 Å². The number of benzene rings is 4. The maximum atomic E-state index is 13.4. The van der Waals surface area contributed by atoms with Crippen molar-refractivity contribution < 1.29 is 24.2 Å². The number of aliphatic carboxylic acids is 1. The van der Waals surface area contributed by atoms with Crippen molar-refractivity contribution in [1.82, 2.24) is 15.2 Å². The summed E-state index contributed by atoms with van der Waals surface area (Å²) >= 11 is 1.48. The lowest BCUT2D eigenvalue weighted by molar-refractivity contribution is -0.139. The Morgan fingerprint density at radius 2 is 1.52 bits per heavy atom. The smallest absolute Gasteiger partial charge is 0.341 e. The summed E-state index contributed by atoms with van der Waals surface area (Å²) in [6, 6.07) is 34.4. The molecule has 0 bridgehead atoms. The number of hydrogen-bond acceptors (Lipinski definition) is 6. The van der Waals surface area contributed by atoms with Crippen LogP contribution in [0.2, 0.25) is 0 Å². The van der Waals surface area contributed by atoms with Crippen molar-refractivity contribution in [3.63, 3.8) is 0 Å². The average molecular weight is 660 g/mol. The number of carbonyl (C=O) groups excluding carboxylic acids is 2. The number of carbonyl (C=O) groups is 3. The average Bonchev–Trinajstić information content (AvgIpc) is 3.59. The van der Waals surface area contributed by atoms with Crippen LogP contribution in [0.15, 0.2) is 121 Å². The minimum Gasteiger partial charge on any atom is -0.482 e. The van der Waals surface area contributed by atoms with Gasteiger partial charge in [-0.15, -0.1) is 11.3 Å². The minimum atomic E-state index is -1.05. The number of amides is 2. The third-order valence-corrected chi connectivity index (χ3v) is 8.45. The Balaban J connectivity index is 1.19. The highest BCUT2D eigenvalue weighted by atomic mass is 32.1. The maximum absolute atomic E-state index is 13.4. The lowest BCUT2D eigenvalue weighted by atomic mass is 10.1. The van der Waals surface area contributed by atoms with Crippen molar-refractivity contribution in [1.29, 1.82) is 0 Å². The molecule has 244 valence electrons. The second kappa shape index (κ2) is 17.4. The zero-order valence-electron chi connectivity index (χ0n) is 26.5. The number of unbranched alkanes of at least 4 members (excludes halogenated alkanes) is 1. The van der Waals surface area contributed by atoms with Crippen LogP contribution in [0.1, 0.15) is 45.6 Å². The summed E-state index contributed by atoms with van der Waals surface area (Å²) in [6.07, 6.45) is 6.26. The number of carboxylic acids is 1. The van der Waals surface area contributed by atoms with E-state index in [4.69, 9.17) is 14.8 Å². The predicted molar refractivity (Wildman–Crippen MR) is 189 cm³/mol. The first-order chi connectivity index (χ1) is 23.4. The van der Waals surface area contributed by atoms with Gasteiger partial charge in [0.25, 0.3) is 5.91 Å². The lowest BCUT2D eigenvalue weighted by Gasteiger charge is -2.21. The van der Waals surface area contributed by atoms with E-state index >= 15 is 0 Å². The monoisotopic (exact) mass is 659 g/mol. The predicted octanol–water partition coefficient (Wildman–Crippen LogP) is 7.27. The van der Waals surface area contributed by atoms with Gasteiger partial charge in [0, 0.05) is 35.7 Å². The minimum absolute atomic E-state index is 0.0970. The second-order valence-electron chi connectivity index (χ2n) is 11.2. The molecular weight excluding hydrogens is 623 g/mol. The van der Waals surface area contributed by atoms with E-state index in [0.717, 1.165) is 46.7 Å². The summed E-state index contributed by atoms with van der Waals surface area (Å²) in [7, 11) is 0. The molecular formula is C39H37N3O5S. The Kier molecular flexibility index (Phi) is 12.3. The molecule has 1 aromatic heterocycles. The van der Waals surface area contributed by atoms with E-state index < -0.39 is 12.6 Å². The maximum Gasteiger partial charge on any atom is 0.341 e. The molecule has 4 aromatic carbocycles. The molecule has 2 amide bonds. The van der Waals surface area contributed by atoms with E-state index in [0.29, 0.717) is 24.4 Å². The highest BCUT2D eigenvalue weighted by Crippen LogP contribution is 2.25. The van der Waals surface area contributed by atoms with Gasteiger partial charge in [0.2, 0.25) is 5.91 Å². The number of nitrogens with one attached hydrogen (secondary N) is 1. The highest BCUT2D eigenvalue weighted by Gasteiger charge is 2.16. The normalized spacial score (nSPS) is 10.9. The topological polar surface area (TPSA) is 109 Å². The molecule has 2 N–H and O–H groups in total. The van der Waals surface area contributed by atoms with Crippen molar-refractivity contribution in [2.75, 3.05) is 13.2 Å². The molecule has 0 aliphatic heterocycles. The number of aromatic nitrogens is 1. The van der Waals surface area contributed by atoms with Crippen LogP contribution in [0.25, 0.3) is 16.6 Å². The Hall–Kier alpha value is -5.54. The molecule has 48 heavy (non-hydrogen) atoms. The van der Waals surface area contributed by atoms with Crippen molar-refractivity contribution in [3.05, 3.63) is 149 Å². The van der Waals surface area contributed by atoms with E-state index in [1.54, 1.807) is 29.2 Å². The van der Waals surface area contributed by atoms with Crippen molar-refractivity contribution in [2.24, 2.45) is 0 Å². The van der Waals surface area contributed by atoms with Crippen molar-refractivity contribution in [3.8, 4) is 16.3 Å². The Morgan fingerprint density at radius 1 is 0.812 bits per heavy atom. The summed E-state index contributed by atoms with van der Waals surface area (Å²) in [5.41, 5.74) is 5.32. The van der Waals surface area contributed by atoms with E-state index in [1.165, 1.54) is 16.9 Å². The Labute approximate surface area is 284 Å². The van der Waals surface area contributed by atoms with E-state index in [2.05, 4.69) is 17.4 Å². The fourth-order valence-electron chi connectivity index (χ4n) is 4.98. The number of hydrogen-bond donors (Lipinski definition) is 2. The van der Waals surface area contributed by atoms with Gasteiger partial charge in [-0.2, -0.15) is 0 Å². The Bertz CT molecular complexity index is 1800. The number of ether oxygens (including phenoxy) is 1. The van der Waals surface area contributed by atoms with Crippen LogP contribution in [-0.4, -0.2) is 45.9 Å². The van der Waals surface area contributed by atoms with Gasteiger partial charge in [-0.3, -0.25) is 9.59 Å². The zero-order chi connectivity index (χ0) is 33.6. The summed E-state index contributed by atoms with van der Waals surface area (Å²) in [4.78, 5) is 43.4. The van der Waals surface area contributed by atoms with Gasteiger partial charge in [-0.1, -0.05) is 84.9 Å². The second-order valence-corrected chi connectivity index (χ2v) is 12.0. The van der Waals surface area contributed by atoms with Gasteiger partial charge >= 0.3 is 5.97 Å². The van der Waals surface area contributed by atoms with Crippen LogP contribution in [0.5, 0.6) is 5.75 Å². The van der Waals surface area contributed by atoms with Crippen LogP contribution >= 0.6 is 11.3 Å². The molecule has 0 atom stereocenters. The van der Waals surface area contributed by atoms with E-state index in [9.17, 15) is 14.4 Å². The summed E-state index contributed by atoms with van der Waals surface area (Å²) < 4.78 is 5.24. The summed E-state index contributed by atoms with van der Waals surface area (Å²) in [5, 5.41) is 14.6. The number of rotatable bonds is 16. The van der Waals surface area contributed by atoms with E-state index in [-0.39, 0.29) is 18.4 Å². The van der Waals surface area contributed by atoms with Gasteiger partial charge < -0.3 is 20.1 Å². The third kappa shape index (κ3) is 10.5. The molecule has 5 rings (SSSR count). The zero-order valence-corrected chi connectivity index (χ0v) is 27.3. The standard InChI is InChI=1S/C39H37N3O5S/c43-36(23-16-30-11-5-2-6-12-30)42(25-31-14-21-35(22-15-31)47-27-37(44)45)26-34-28-48-39(41-34)33-19-17-32(18-20-33)38(46)40-24-8-7-13-29-9-3-1-4-10-29/h1-6,9-12,14-23,28H,7-8,13,24-27H2,(H,40,46)(H,44,45)/b23-16+. The van der Waals surface area contributed by atoms with E-state index in [1.807, 2.05) is 90.3 Å². The number of nitrogens with zero attached hydrogens (tertiary/aromatic N) is 2. The largest absolute Gasteiger partial charge is 0.482 e. The summed E-state index contributed by atoms with van der Waals surface area (Å²) in [6.45, 7) is 0.810. The van der Waals surface area contributed by atoms with Gasteiger partial charge in [-0.25, -0.2) is 9.78 Å². The molecule has 5 aromatic rings. The first-order valence-electron chi connectivity index (χ1n) is 15.8. The van der Waals surface area contributed by atoms with Crippen molar-refractivity contribution in [2.45, 2.75) is 32.4 Å². The first-order valence-corrected chi connectivity index (χ1v) is 16.6. The quantitative estimate of drug-likeness (QED) is 0.0852. The van der Waals surface area contributed by atoms with Crippen molar-refractivity contribution >= 4 is 35.2 Å². The van der Waals surface area contributed by atoms with Gasteiger partial charge in [-0.05, 0) is 66.3 Å². The molecule has 0 saturated heterocycles. The van der Waals surface area contributed by atoms with Crippen LogP contribution in [-0.2, 0) is 29.1 Å². The molecule has 0 aliphatic carbocycles. The molecule has 9 heteroatoms. The van der Waals surface area contributed by atoms with Crippen LogP contribution in [0.3, 0.4) is 0 Å². The molecule has 0 saturated carbocycles. The van der Waals surface area contributed by atoms with Crippen LogP contribution in [0.4, 0.5) is 0 Å². The molecule has 0 unspecified atom stereocenters. The third-order valence-electron chi connectivity index (χ3n) is 7.51. The van der Waals surface area contributed by atoms with Crippen LogP contribution in [0, 0.1) is 0 Å². The molecule has 8 nitrogen and oxygen atoms in total. The van der Waals surface area contributed by atoms with Crippen LogP contribution < -0.4 is 10.1 Å². The number of aryl methyl sites for hydroxylation is 1.